The molecule has 15 heavy (non-hydrogen) atoms. The van der Waals surface area contributed by atoms with Crippen molar-refractivity contribution in [2.75, 3.05) is 5.73 Å². The molecular formula is C9H8ClN3S2. The van der Waals surface area contributed by atoms with Crippen LogP contribution < -0.4 is 5.73 Å². The van der Waals surface area contributed by atoms with Crippen LogP contribution in [-0.4, -0.2) is 10.2 Å². The molecule has 0 unspecified atom stereocenters. The molecule has 0 amide bonds. The number of benzene rings is 1. The van der Waals surface area contributed by atoms with E-state index in [9.17, 15) is 0 Å². The standard InChI is InChI=1S/C9H8ClN3S2/c10-6-2-1-3-7(4-6)14-5-8-12-13-9(11)15-8/h1-4H,5H2,(H2,11,13). The maximum Gasteiger partial charge on any atom is 0.203 e. The zero-order valence-electron chi connectivity index (χ0n) is 7.68. The number of hydrogen-bond donors (Lipinski definition) is 1. The van der Waals surface area contributed by atoms with Crippen LogP contribution in [-0.2, 0) is 5.75 Å². The number of hydrogen-bond acceptors (Lipinski definition) is 5. The van der Waals surface area contributed by atoms with Crippen LogP contribution >= 0.6 is 34.7 Å². The Morgan fingerprint density at radius 3 is 2.93 bits per heavy atom. The second-order valence-corrected chi connectivity index (χ2v) is 5.36. The minimum Gasteiger partial charge on any atom is -0.374 e. The van der Waals surface area contributed by atoms with E-state index >= 15 is 0 Å². The lowest BCUT2D eigenvalue weighted by Crippen LogP contribution is -1.81. The first-order chi connectivity index (χ1) is 7.24. The lowest BCUT2D eigenvalue weighted by Gasteiger charge is -1.98. The molecule has 0 saturated heterocycles. The molecule has 0 aliphatic heterocycles. The fourth-order valence-corrected chi connectivity index (χ4v) is 2.83. The number of aromatic nitrogens is 2. The van der Waals surface area contributed by atoms with Gasteiger partial charge in [-0.3, -0.25) is 0 Å². The smallest absolute Gasteiger partial charge is 0.203 e. The minimum atomic E-state index is 0.511. The predicted molar refractivity (Wildman–Crippen MR) is 65.3 cm³/mol. The number of nitrogen functional groups attached to an aromatic ring is 1. The molecule has 1 aromatic carbocycles. The molecule has 0 spiro atoms. The predicted octanol–water partition coefficient (Wildman–Crippen LogP) is 3.07. The van der Waals surface area contributed by atoms with E-state index in [1.54, 1.807) is 11.8 Å². The van der Waals surface area contributed by atoms with E-state index in [1.807, 2.05) is 24.3 Å². The molecule has 0 fully saturated rings. The molecule has 2 aromatic rings. The Morgan fingerprint density at radius 1 is 1.40 bits per heavy atom. The average molecular weight is 258 g/mol. The fraction of sp³-hybridized carbons (Fsp3) is 0.111. The third-order valence-corrected chi connectivity index (χ3v) is 3.82. The van der Waals surface area contributed by atoms with Crippen LogP contribution in [0.3, 0.4) is 0 Å². The van der Waals surface area contributed by atoms with Crippen molar-refractivity contribution in [2.45, 2.75) is 10.6 Å². The van der Waals surface area contributed by atoms with Crippen LogP contribution in [0, 0.1) is 0 Å². The average Bonchev–Trinajstić information content (AvgIpc) is 2.62. The van der Waals surface area contributed by atoms with Crippen molar-refractivity contribution >= 4 is 39.8 Å². The molecule has 2 N–H and O–H groups in total. The Bertz CT molecular complexity index is 458. The summed E-state index contributed by atoms with van der Waals surface area (Å²) >= 11 is 8.95. The van der Waals surface area contributed by atoms with Gasteiger partial charge in [0.05, 0.1) is 5.75 Å². The van der Waals surface area contributed by atoms with Crippen molar-refractivity contribution in [1.29, 1.82) is 0 Å². The van der Waals surface area contributed by atoms with Crippen LogP contribution in [0.25, 0.3) is 0 Å². The van der Waals surface area contributed by atoms with Crippen LogP contribution in [0.15, 0.2) is 29.2 Å². The largest absolute Gasteiger partial charge is 0.374 e. The number of nitrogens with zero attached hydrogens (tertiary/aromatic N) is 2. The highest BCUT2D eigenvalue weighted by Crippen LogP contribution is 2.26. The fourth-order valence-electron chi connectivity index (χ4n) is 1.03. The van der Waals surface area contributed by atoms with E-state index in [1.165, 1.54) is 11.3 Å². The molecule has 0 atom stereocenters. The van der Waals surface area contributed by atoms with Gasteiger partial charge in [0.2, 0.25) is 5.13 Å². The molecule has 78 valence electrons. The SMILES string of the molecule is Nc1nnc(CSc2cccc(Cl)c2)s1. The van der Waals surface area contributed by atoms with Crippen LogP contribution in [0.1, 0.15) is 5.01 Å². The summed E-state index contributed by atoms with van der Waals surface area (Å²) in [7, 11) is 0. The van der Waals surface area contributed by atoms with Crippen molar-refractivity contribution in [3.63, 3.8) is 0 Å². The molecule has 1 heterocycles. The molecule has 6 heteroatoms. The Kier molecular flexibility index (Phi) is 3.45. The Balaban J connectivity index is 1.99. The monoisotopic (exact) mass is 257 g/mol. The van der Waals surface area contributed by atoms with Crippen molar-refractivity contribution in [3.8, 4) is 0 Å². The van der Waals surface area contributed by atoms with Gasteiger partial charge < -0.3 is 5.73 Å². The van der Waals surface area contributed by atoms with Gasteiger partial charge in [0.15, 0.2) is 0 Å². The summed E-state index contributed by atoms with van der Waals surface area (Å²) in [5, 5.41) is 9.88. The summed E-state index contributed by atoms with van der Waals surface area (Å²) in [5.74, 6) is 0.773. The summed E-state index contributed by atoms with van der Waals surface area (Å²) in [4.78, 5) is 1.12. The molecular weight excluding hydrogens is 250 g/mol. The number of nitrogens with two attached hydrogens (primary N) is 1. The second-order valence-electron chi connectivity index (χ2n) is 2.78. The first kappa shape index (κ1) is 10.7. The lowest BCUT2D eigenvalue weighted by molar-refractivity contribution is 1.05. The topological polar surface area (TPSA) is 51.8 Å². The zero-order valence-corrected chi connectivity index (χ0v) is 10.1. The van der Waals surface area contributed by atoms with Gasteiger partial charge in [-0.15, -0.1) is 22.0 Å². The summed E-state index contributed by atoms with van der Waals surface area (Å²) in [5.41, 5.74) is 5.49. The highest BCUT2D eigenvalue weighted by atomic mass is 35.5. The Hall–Kier alpha value is -0.780. The molecule has 2 rings (SSSR count). The second kappa shape index (κ2) is 4.83. The van der Waals surface area contributed by atoms with E-state index in [4.69, 9.17) is 17.3 Å². The first-order valence-electron chi connectivity index (χ1n) is 4.20. The summed E-state index contributed by atoms with van der Waals surface area (Å²) in [6.45, 7) is 0. The molecule has 0 aliphatic rings. The van der Waals surface area contributed by atoms with Crippen LogP contribution in [0.5, 0.6) is 0 Å². The van der Waals surface area contributed by atoms with Gasteiger partial charge in [-0.1, -0.05) is 29.0 Å². The molecule has 1 aromatic heterocycles. The van der Waals surface area contributed by atoms with Gasteiger partial charge in [-0.2, -0.15) is 0 Å². The highest BCUT2D eigenvalue weighted by Gasteiger charge is 2.02. The van der Waals surface area contributed by atoms with Gasteiger partial charge in [0.25, 0.3) is 0 Å². The molecule has 0 aliphatic carbocycles. The number of halogens is 1. The Morgan fingerprint density at radius 2 is 2.27 bits per heavy atom. The third kappa shape index (κ3) is 3.09. The molecule has 0 bridgehead atoms. The quantitative estimate of drug-likeness (QED) is 0.859. The van der Waals surface area contributed by atoms with E-state index in [0.29, 0.717) is 5.13 Å². The molecule has 3 nitrogen and oxygen atoms in total. The summed E-state index contributed by atoms with van der Waals surface area (Å²) in [6.07, 6.45) is 0. The minimum absolute atomic E-state index is 0.511. The maximum atomic E-state index is 5.87. The Labute approximate surface area is 101 Å². The van der Waals surface area contributed by atoms with Crippen LogP contribution in [0.4, 0.5) is 5.13 Å². The number of rotatable bonds is 3. The third-order valence-electron chi connectivity index (χ3n) is 1.64. The van der Waals surface area contributed by atoms with Crippen LogP contribution in [0.2, 0.25) is 5.02 Å². The van der Waals surface area contributed by atoms with Crippen molar-refractivity contribution in [1.82, 2.24) is 10.2 Å². The van der Waals surface area contributed by atoms with Gasteiger partial charge in [-0.25, -0.2) is 0 Å². The lowest BCUT2D eigenvalue weighted by atomic mass is 10.4. The summed E-state index contributed by atoms with van der Waals surface area (Å²) < 4.78 is 0. The van der Waals surface area contributed by atoms with Crippen molar-refractivity contribution in [3.05, 3.63) is 34.3 Å². The van der Waals surface area contributed by atoms with E-state index in [0.717, 1.165) is 20.7 Å². The van der Waals surface area contributed by atoms with E-state index in [-0.39, 0.29) is 0 Å². The van der Waals surface area contributed by atoms with E-state index in [2.05, 4.69) is 10.2 Å². The maximum absolute atomic E-state index is 5.87. The van der Waals surface area contributed by atoms with Crippen molar-refractivity contribution in [2.24, 2.45) is 0 Å². The van der Waals surface area contributed by atoms with Gasteiger partial charge in [0, 0.05) is 9.92 Å². The normalized spacial score (nSPS) is 10.5. The highest BCUT2D eigenvalue weighted by molar-refractivity contribution is 7.98. The number of anilines is 1. The van der Waals surface area contributed by atoms with Gasteiger partial charge in [0.1, 0.15) is 5.01 Å². The molecule has 0 radical (unpaired) electrons. The summed E-state index contributed by atoms with van der Waals surface area (Å²) in [6, 6.07) is 7.73. The zero-order chi connectivity index (χ0) is 10.7. The van der Waals surface area contributed by atoms with Gasteiger partial charge in [-0.05, 0) is 18.2 Å². The molecule has 0 saturated carbocycles. The number of thioether (sulfide) groups is 1. The van der Waals surface area contributed by atoms with Gasteiger partial charge >= 0.3 is 0 Å². The van der Waals surface area contributed by atoms with E-state index < -0.39 is 0 Å². The van der Waals surface area contributed by atoms with Crippen molar-refractivity contribution < 1.29 is 0 Å². The first-order valence-corrected chi connectivity index (χ1v) is 6.38.